The van der Waals surface area contributed by atoms with Crippen molar-refractivity contribution in [2.45, 2.75) is 41.5 Å². The fourth-order valence-electron chi connectivity index (χ4n) is 0. The molecule has 0 aliphatic heterocycles. The third-order valence-electron chi connectivity index (χ3n) is 0. The average molecular weight is 406 g/mol. The molecule has 0 heterocycles. The molecule has 0 aromatic heterocycles. The van der Waals surface area contributed by atoms with E-state index in [0.29, 0.717) is 24.7 Å². The second-order valence-electron chi connectivity index (χ2n) is 2.80. The van der Waals surface area contributed by atoms with Gasteiger partial charge in [-0.1, -0.05) is 0 Å². The van der Waals surface area contributed by atoms with Crippen LogP contribution in [-0.2, 0) is 46.7 Å². The van der Waals surface area contributed by atoms with E-state index in [1.165, 1.54) is 27.7 Å². The first-order chi connectivity index (χ1) is 9.93. The molecule has 0 fully saturated rings. The Labute approximate surface area is 146 Å². The van der Waals surface area contributed by atoms with Crippen molar-refractivity contribution >= 4 is 23.5 Å². The van der Waals surface area contributed by atoms with Gasteiger partial charge in [0.05, 0.1) is 0 Å². The van der Waals surface area contributed by atoms with Crippen LogP contribution >= 0.6 is 0 Å². The normalized spacial score (nSPS) is 5.45. The minimum atomic E-state index is -1.08. The molecule has 0 amide bonds. The van der Waals surface area contributed by atoms with E-state index in [9.17, 15) is 9.59 Å². The quantitative estimate of drug-likeness (QED) is 0.453. The van der Waals surface area contributed by atoms with E-state index in [4.69, 9.17) is 32.8 Å². The van der Waals surface area contributed by atoms with Crippen molar-refractivity contribution in [1.82, 2.24) is 0 Å². The summed E-state index contributed by atoms with van der Waals surface area (Å²) in [6, 6.07) is 0. The standard InChI is InChI=1S/2C3H6O.2C2H4O2.2CH4O.O.Zr/c2*1-3(2)4;2*1-2(3)4;2*1-2;;/h2*1-2H3;2*1H3,(H,3,4);2*2H,1H3;;/q;;;;;;;+2/p-2. The van der Waals surface area contributed by atoms with E-state index in [1.54, 1.807) is 0 Å². The number of carboxylic acid groups (broad SMARTS) is 2. The Morgan fingerprint density at radius 2 is 0.591 bits per heavy atom. The maximum absolute atomic E-state index is 9.44. The van der Waals surface area contributed by atoms with Crippen molar-refractivity contribution in [1.29, 1.82) is 0 Å². The van der Waals surface area contributed by atoms with Crippen molar-refractivity contribution in [3.63, 3.8) is 0 Å². The number of hydrogen-bond acceptors (Lipinski definition) is 9. The van der Waals surface area contributed by atoms with Gasteiger partial charge in [0, 0.05) is 26.2 Å². The zero-order chi connectivity index (χ0) is 20.3. The third kappa shape index (κ3) is 4840. The topological polar surface area (TPSA) is 172 Å². The van der Waals surface area contributed by atoms with Gasteiger partial charge in [0.1, 0.15) is 11.6 Å². The van der Waals surface area contributed by atoms with Crippen LogP contribution in [0.25, 0.3) is 0 Å². The molecule has 9 nitrogen and oxygen atoms in total. The Balaban J connectivity index is -0.0000000245. The summed E-state index contributed by atoms with van der Waals surface area (Å²) in [6.07, 6.45) is 0. The first-order valence-corrected chi connectivity index (χ1v) is 6.33. The first kappa shape index (κ1) is 42.8. The zero-order valence-corrected chi connectivity index (χ0v) is 16.7. The fraction of sp³-hybridized carbons (Fsp3) is 0.667. The second kappa shape index (κ2) is 59.9. The van der Waals surface area contributed by atoms with Crippen LogP contribution in [0.3, 0.4) is 0 Å². The number of aliphatic hydroxyl groups is 2. The molecule has 0 saturated heterocycles. The van der Waals surface area contributed by atoms with Crippen LogP contribution in [0.1, 0.15) is 41.5 Å². The summed E-state index contributed by atoms with van der Waals surface area (Å²) >= 11 is 0.300. The van der Waals surface area contributed by atoms with Crippen molar-refractivity contribution in [3.8, 4) is 0 Å². The molecule has 0 spiro atoms. The van der Waals surface area contributed by atoms with Crippen molar-refractivity contribution < 1.29 is 67.1 Å². The number of aliphatic hydroxyl groups excluding tert-OH is 2. The monoisotopic (exact) mass is 404 g/mol. The molecular formula is C12H26O9Zr. The van der Waals surface area contributed by atoms with Crippen molar-refractivity contribution in [2.75, 3.05) is 14.2 Å². The van der Waals surface area contributed by atoms with Gasteiger partial charge in [0.2, 0.25) is 0 Å². The molecule has 0 unspecified atom stereocenters. The number of hydrogen-bond donors (Lipinski definition) is 2. The zero-order valence-electron chi connectivity index (χ0n) is 14.3. The molecule has 132 valence electrons. The van der Waals surface area contributed by atoms with E-state index in [-0.39, 0.29) is 11.6 Å². The fourth-order valence-corrected chi connectivity index (χ4v) is 0. The SMILES string of the molecule is CC(=O)[O-].CC(=O)[O-].CC(C)=O.CC(C)=O.CO.CO.[O]=[Zr+2]. The summed E-state index contributed by atoms with van der Waals surface area (Å²) in [5, 5.41) is 31.8. The van der Waals surface area contributed by atoms with Gasteiger partial charge >= 0.3 is 27.5 Å². The summed E-state index contributed by atoms with van der Waals surface area (Å²) in [6.45, 7) is 8.06. The number of Topliss-reactive ketones (excluding diaryl/α,β-unsaturated/α-hetero) is 2. The molecule has 0 aromatic rings. The summed E-state index contributed by atoms with van der Waals surface area (Å²) in [7, 11) is 2.00. The number of carboxylic acids is 2. The molecule has 2 N–H and O–H groups in total. The summed E-state index contributed by atoms with van der Waals surface area (Å²) in [5.74, 6) is -1.83. The summed E-state index contributed by atoms with van der Waals surface area (Å²) < 4.78 is 8.34. The molecule has 10 heteroatoms. The molecular weight excluding hydrogens is 379 g/mol. The van der Waals surface area contributed by atoms with Crippen LogP contribution in [0.15, 0.2) is 0 Å². The van der Waals surface area contributed by atoms with E-state index in [2.05, 4.69) is 0 Å². The molecule has 0 aliphatic rings. The first-order valence-electron chi connectivity index (χ1n) is 5.32. The van der Waals surface area contributed by atoms with Gasteiger partial charge in [0.15, 0.2) is 0 Å². The van der Waals surface area contributed by atoms with Crippen molar-refractivity contribution in [3.05, 3.63) is 0 Å². The predicted octanol–water partition coefficient (Wildman–Crippen LogP) is -2.20. The minimum absolute atomic E-state index is 0.167. The van der Waals surface area contributed by atoms with Gasteiger partial charge in [-0.25, -0.2) is 0 Å². The molecule has 0 rings (SSSR count). The van der Waals surface area contributed by atoms with Gasteiger partial charge < -0.3 is 39.6 Å². The Kier molecular flexibility index (Phi) is 117. The van der Waals surface area contributed by atoms with Gasteiger partial charge in [-0.15, -0.1) is 0 Å². The number of ketones is 2. The van der Waals surface area contributed by atoms with Gasteiger partial charge in [-0.2, -0.15) is 0 Å². The van der Waals surface area contributed by atoms with E-state index >= 15 is 0 Å². The second-order valence-corrected chi connectivity index (χ2v) is 2.80. The number of aliphatic carboxylic acids is 2. The molecule has 0 aromatic carbocycles. The van der Waals surface area contributed by atoms with Crippen LogP contribution in [0.4, 0.5) is 0 Å². The average Bonchev–Trinajstić information content (AvgIpc) is 2.33. The van der Waals surface area contributed by atoms with Crippen molar-refractivity contribution in [2.24, 2.45) is 0 Å². The predicted molar refractivity (Wildman–Crippen MR) is 71.0 cm³/mol. The van der Waals surface area contributed by atoms with Crippen LogP contribution in [0.2, 0.25) is 0 Å². The maximum atomic E-state index is 9.44. The number of carbonyl (C=O) groups is 4. The molecule has 0 bridgehead atoms. The van der Waals surface area contributed by atoms with Crippen LogP contribution in [-0.4, -0.2) is 47.9 Å². The molecule has 0 radical (unpaired) electrons. The summed E-state index contributed by atoms with van der Waals surface area (Å²) in [5.41, 5.74) is 0. The number of carbonyl (C=O) groups excluding carboxylic acids is 4. The van der Waals surface area contributed by atoms with E-state index in [1.807, 2.05) is 0 Å². The molecule has 22 heavy (non-hydrogen) atoms. The Morgan fingerprint density at radius 3 is 0.591 bits per heavy atom. The Hall–Kier alpha value is -1.12. The van der Waals surface area contributed by atoms with Crippen LogP contribution in [0, 0.1) is 0 Å². The van der Waals surface area contributed by atoms with Crippen LogP contribution < -0.4 is 10.2 Å². The molecule has 0 saturated carbocycles. The van der Waals surface area contributed by atoms with Crippen LogP contribution in [0.5, 0.6) is 0 Å². The van der Waals surface area contributed by atoms with Gasteiger partial charge in [-0.05, 0) is 41.5 Å². The number of rotatable bonds is 0. The summed E-state index contributed by atoms with van der Waals surface area (Å²) in [4.78, 5) is 36.7. The third-order valence-corrected chi connectivity index (χ3v) is 0. The molecule has 0 aliphatic carbocycles. The van der Waals surface area contributed by atoms with E-state index < -0.39 is 11.9 Å². The van der Waals surface area contributed by atoms with E-state index in [0.717, 1.165) is 28.1 Å². The Morgan fingerprint density at radius 1 is 0.591 bits per heavy atom. The van der Waals surface area contributed by atoms with Gasteiger partial charge in [-0.3, -0.25) is 0 Å². The molecule has 0 atom stereocenters. The Bertz CT molecular complexity index is 179. The van der Waals surface area contributed by atoms with Gasteiger partial charge in [0.25, 0.3) is 0 Å².